The second kappa shape index (κ2) is 9.91. The zero-order valence-corrected chi connectivity index (χ0v) is 19.7. The molecule has 4 aromatic rings. The number of hydrogen-bond acceptors (Lipinski definition) is 6. The van der Waals surface area contributed by atoms with Crippen molar-refractivity contribution in [3.8, 4) is 11.5 Å². The number of ether oxygens (including phenoxy) is 2. The third-order valence-corrected chi connectivity index (χ3v) is 5.92. The lowest BCUT2D eigenvalue weighted by atomic mass is 9.94. The third-order valence-electron chi connectivity index (χ3n) is 5.92. The summed E-state index contributed by atoms with van der Waals surface area (Å²) in [6.45, 7) is 1.88. The van der Waals surface area contributed by atoms with Gasteiger partial charge in [-0.2, -0.15) is 10.1 Å². The van der Waals surface area contributed by atoms with Crippen LogP contribution in [0.2, 0.25) is 0 Å². The van der Waals surface area contributed by atoms with E-state index in [1.807, 2.05) is 43.3 Å². The van der Waals surface area contributed by atoms with Crippen molar-refractivity contribution < 1.29 is 18.7 Å². The van der Waals surface area contributed by atoms with E-state index < -0.39 is 6.04 Å². The van der Waals surface area contributed by atoms with E-state index in [9.17, 15) is 9.18 Å². The maximum absolute atomic E-state index is 14.0. The highest BCUT2D eigenvalue weighted by Gasteiger charge is 2.34. The number of nitrogens with zero attached hydrogens (tertiary/aromatic N) is 3. The van der Waals surface area contributed by atoms with Gasteiger partial charge in [0.1, 0.15) is 24.8 Å². The Morgan fingerprint density at radius 1 is 1.08 bits per heavy atom. The van der Waals surface area contributed by atoms with Crippen LogP contribution in [0, 0.1) is 5.82 Å². The van der Waals surface area contributed by atoms with Crippen LogP contribution in [-0.2, 0) is 11.4 Å². The lowest BCUT2D eigenvalue weighted by Gasteiger charge is -2.29. The summed E-state index contributed by atoms with van der Waals surface area (Å²) < 4.78 is 27.1. The van der Waals surface area contributed by atoms with Crippen LogP contribution in [-0.4, -0.2) is 27.8 Å². The molecule has 182 valence electrons. The Kier molecular flexibility index (Phi) is 6.36. The molecule has 0 spiro atoms. The first-order chi connectivity index (χ1) is 17.5. The van der Waals surface area contributed by atoms with Crippen LogP contribution >= 0.6 is 0 Å². The molecule has 0 aliphatic carbocycles. The number of carbonyl (C=O) groups is 1. The number of amides is 1. The largest absolute Gasteiger partial charge is 0.493 e. The predicted molar refractivity (Wildman–Crippen MR) is 133 cm³/mol. The van der Waals surface area contributed by atoms with Crippen molar-refractivity contribution in [2.24, 2.45) is 0 Å². The van der Waals surface area contributed by atoms with Crippen molar-refractivity contribution in [1.29, 1.82) is 0 Å². The number of para-hydroxylation sites is 1. The Morgan fingerprint density at radius 3 is 2.64 bits per heavy atom. The molecule has 1 atom stereocenters. The van der Waals surface area contributed by atoms with Gasteiger partial charge >= 0.3 is 0 Å². The lowest BCUT2D eigenvalue weighted by Crippen LogP contribution is -2.31. The summed E-state index contributed by atoms with van der Waals surface area (Å²) >= 11 is 0. The van der Waals surface area contributed by atoms with Gasteiger partial charge in [0.25, 0.3) is 5.91 Å². The molecule has 0 radical (unpaired) electrons. The zero-order chi connectivity index (χ0) is 25.1. The highest BCUT2D eigenvalue weighted by atomic mass is 19.1. The van der Waals surface area contributed by atoms with Crippen molar-refractivity contribution in [2.75, 3.05) is 17.7 Å². The molecule has 0 saturated heterocycles. The number of benzene rings is 3. The lowest BCUT2D eigenvalue weighted by molar-refractivity contribution is -0.113. The van der Waals surface area contributed by atoms with E-state index in [-0.39, 0.29) is 18.3 Å². The van der Waals surface area contributed by atoms with Crippen molar-refractivity contribution in [3.63, 3.8) is 0 Å². The molecule has 0 bridgehead atoms. The maximum Gasteiger partial charge on any atom is 0.255 e. The molecular formula is C27H24FN5O3. The van der Waals surface area contributed by atoms with E-state index in [0.717, 1.165) is 5.56 Å². The SMILES string of the molecule is COc1cc([C@@H]2C(C(=O)Nc3ccccc3)=C(C)Nc3ncnn32)ccc1OCc1ccccc1F. The number of hydrogen-bond donors (Lipinski definition) is 2. The van der Waals surface area contributed by atoms with Gasteiger partial charge in [0.2, 0.25) is 5.95 Å². The maximum atomic E-state index is 14.0. The minimum atomic E-state index is -0.568. The summed E-state index contributed by atoms with van der Waals surface area (Å²) in [6.07, 6.45) is 1.43. The van der Waals surface area contributed by atoms with Gasteiger partial charge in [0.15, 0.2) is 11.5 Å². The summed E-state index contributed by atoms with van der Waals surface area (Å²) in [4.78, 5) is 17.7. The van der Waals surface area contributed by atoms with E-state index in [0.29, 0.717) is 40.0 Å². The minimum Gasteiger partial charge on any atom is -0.493 e. The third kappa shape index (κ3) is 4.50. The van der Waals surface area contributed by atoms with Crippen molar-refractivity contribution in [2.45, 2.75) is 19.6 Å². The van der Waals surface area contributed by atoms with Crippen LogP contribution in [0.15, 0.2) is 90.4 Å². The van der Waals surface area contributed by atoms with E-state index in [1.165, 1.54) is 19.5 Å². The van der Waals surface area contributed by atoms with E-state index in [1.54, 1.807) is 35.0 Å². The predicted octanol–water partition coefficient (Wildman–Crippen LogP) is 4.93. The number of halogens is 1. The van der Waals surface area contributed by atoms with Gasteiger partial charge in [0, 0.05) is 16.9 Å². The van der Waals surface area contributed by atoms with Gasteiger partial charge in [-0.1, -0.05) is 42.5 Å². The molecule has 3 aromatic carbocycles. The first-order valence-electron chi connectivity index (χ1n) is 11.3. The highest BCUT2D eigenvalue weighted by Crippen LogP contribution is 2.39. The molecule has 8 nitrogen and oxygen atoms in total. The number of fused-ring (bicyclic) bond motifs is 1. The van der Waals surface area contributed by atoms with Crippen LogP contribution in [0.5, 0.6) is 11.5 Å². The molecule has 5 rings (SSSR count). The van der Waals surface area contributed by atoms with Gasteiger partial charge < -0.3 is 20.1 Å². The van der Waals surface area contributed by atoms with E-state index >= 15 is 0 Å². The standard InChI is InChI=1S/C27H24FN5O3/c1-17-24(26(34)32-20-9-4-3-5-10-20)25(33-27(31-17)29-16-30-33)18-12-13-22(23(14-18)35-2)36-15-19-8-6-7-11-21(19)28/h3-14,16,25H,15H2,1-2H3,(H,32,34)(H,29,30,31)/t25-/m1/s1. The fraction of sp³-hybridized carbons (Fsp3) is 0.148. The summed E-state index contributed by atoms with van der Waals surface area (Å²) in [7, 11) is 1.53. The average Bonchev–Trinajstić information content (AvgIpc) is 3.36. The number of methoxy groups -OCH3 is 1. The average molecular weight is 486 g/mol. The number of anilines is 2. The zero-order valence-electron chi connectivity index (χ0n) is 19.7. The Morgan fingerprint density at radius 2 is 1.86 bits per heavy atom. The van der Waals surface area contributed by atoms with Gasteiger partial charge in [-0.15, -0.1) is 0 Å². The monoisotopic (exact) mass is 485 g/mol. The molecule has 9 heteroatoms. The number of aromatic nitrogens is 3. The first-order valence-corrected chi connectivity index (χ1v) is 11.3. The van der Waals surface area contributed by atoms with Gasteiger partial charge in [0.05, 0.1) is 12.7 Å². The number of allylic oxidation sites excluding steroid dienone is 1. The molecular weight excluding hydrogens is 461 g/mol. The highest BCUT2D eigenvalue weighted by molar-refractivity contribution is 6.06. The molecule has 2 heterocycles. The van der Waals surface area contributed by atoms with E-state index in [4.69, 9.17) is 9.47 Å². The van der Waals surface area contributed by atoms with Crippen LogP contribution < -0.4 is 20.1 Å². The molecule has 0 fully saturated rings. The van der Waals surface area contributed by atoms with Crippen LogP contribution in [0.3, 0.4) is 0 Å². The van der Waals surface area contributed by atoms with Crippen LogP contribution in [0.4, 0.5) is 16.0 Å². The summed E-state index contributed by atoms with van der Waals surface area (Å²) in [6, 6.07) is 20.5. The second-order valence-electron chi connectivity index (χ2n) is 8.20. The van der Waals surface area contributed by atoms with Crippen molar-refractivity contribution >= 4 is 17.5 Å². The van der Waals surface area contributed by atoms with E-state index in [2.05, 4.69) is 20.7 Å². The normalized spacial score (nSPS) is 14.6. The summed E-state index contributed by atoms with van der Waals surface area (Å²) in [5.74, 6) is 0.817. The van der Waals surface area contributed by atoms with Gasteiger partial charge in [-0.25, -0.2) is 9.07 Å². The van der Waals surface area contributed by atoms with Gasteiger partial charge in [-0.05, 0) is 42.8 Å². The molecule has 1 aliphatic heterocycles. The molecule has 1 aliphatic rings. The Bertz CT molecular complexity index is 1430. The Labute approximate surface area is 207 Å². The summed E-state index contributed by atoms with van der Waals surface area (Å²) in [5.41, 5.74) is 3.01. The Hall–Kier alpha value is -4.66. The first kappa shape index (κ1) is 23.1. The van der Waals surface area contributed by atoms with Crippen LogP contribution in [0.25, 0.3) is 0 Å². The Balaban J connectivity index is 1.48. The number of carbonyl (C=O) groups excluding carboxylic acids is 1. The molecule has 1 amide bonds. The molecule has 1 aromatic heterocycles. The topological polar surface area (TPSA) is 90.3 Å². The molecule has 0 unspecified atom stereocenters. The quantitative estimate of drug-likeness (QED) is 0.386. The van der Waals surface area contributed by atoms with Crippen molar-refractivity contribution in [3.05, 3.63) is 107 Å². The van der Waals surface area contributed by atoms with Crippen LogP contribution in [0.1, 0.15) is 24.1 Å². The molecule has 2 N–H and O–H groups in total. The van der Waals surface area contributed by atoms with Gasteiger partial charge in [-0.3, -0.25) is 4.79 Å². The molecule has 0 saturated carbocycles. The minimum absolute atomic E-state index is 0.0483. The number of nitrogens with one attached hydrogen (secondary N) is 2. The molecule has 36 heavy (non-hydrogen) atoms. The second-order valence-corrected chi connectivity index (χ2v) is 8.20. The van der Waals surface area contributed by atoms with Crippen molar-refractivity contribution in [1.82, 2.24) is 14.8 Å². The number of rotatable bonds is 7. The summed E-state index contributed by atoms with van der Waals surface area (Å²) in [5, 5.41) is 10.5. The fourth-order valence-electron chi connectivity index (χ4n) is 4.16. The fourth-order valence-corrected chi connectivity index (χ4v) is 4.16. The smallest absolute Gasteiger partial charge is 0.255 e.